The van der Waals surface area contributed by atoms with Crippen LogP contribution in [-0.4, -0.2) is 54.0 Å². The summed E-state index contributed by atoms with van der Waals surface area (Å²) in [6.45, 7) is 8.52. The quantitative estimate of drug-likeness (QED) is 0.0312. The van der Waals surface area contributed by atoms with Gasteiger partial charge in [0.15, 0.2) is 0 Å². The Bertz CT molecular complexity index is 1300. The minimum absolute atomic E-state index is 0.0207. The van der Waals surface area contributed by atoms with Gasteiger partial charge in [-0.25, -0.2) is 4.79 Å². The number of esters is 1. The van der Waals surface area contributed by atoms with E-state index in [1.807, 2.05) is 0 Å². The molecule has 270 valence electrons. The Kier molecular flexibility index (Phi) is 21.7. The first kappa shape index (κ1) is 42.9. The van der Waals surface area contributed by atoms with Crippen molar-refractivity contribution in [3.8, 4) is 11.1 Å². The SMILES string of the molecule is C=C(C=O)CO.C=C(CO)C(=O)OCC(CO)C1CCC(C2CC=C(c3ccc(-c4ccc(CCCCC)cc4)cc3)CC2)CC1.SSS. The first-order valence-electron chi connectivity index (χ1n) is 17.4. The molecule has 49 heavy (non-hydrogen) atoms. The third-order valence-corrected chi connectivity index (χ3v) is 9.73. The first-order chi connectivity index (χ1) is 23.7. The van der Waals surface area contributed by atoms with E-state index in [0.717, 1.165) is 47.3 Å². The third-order valence-electron chi connectivity index (χ3n) is 9.73. The predicted octanol–water partition coefficient (Wildman–Crippen LogP) is 8.92. The molecule has 0 heterocycles. The van der Waals surface area contributed by atoms with Crippen molar-refractivity contribution in [1.82, 2.24) is 0 Å². The first-order valence-corrected chi connectivity index (χ1v) is 20.3. The molecule has 0 amide bonds. The highest BCUT2D eigenvalue weighted by molar-refractivity contribution is 9.01. The number of allylic oxidation sites excluding steroid dienone is 2. The molecular formula is C40H56O6S3. The molecule has 4 rings (SSSR count). The van der Waals surface area contributed by atoms with Gasteiger partial charge in [-0.15, -0.1) is 0 Å². The number of carbonyl (C=O) groups is 2. The molecule has 2 aliphatic carbocycles. The number of carbonyl (C=O) groups excluding carboxylic acids is 2. The topological polar surface area (TPSA) is 104 Å². The van der Waals surface area contributed by atoms with Crippen molar-refractivity contribution >= 4 is 51.0 Å². The standard InChI is InChI=1S/C36H48O4.C4H6O2.H2S3/c1-3-4-5-6-27-7-9-28(10-8-27)29-11-13-30(14-12-29)31-15-17-32(18-16-31)33-19-21-34(22-20-33)35(24-38)25-40-36(39)26(2)23-37;1-4(2-5)3-6;1-3-2/h7-15,32-35,37-38H,2-6,16-25H2,1H3;2,6H,1,3H2;1-2H. The van der Waals surface area contributed by atoms with Crippen LogP contribution in [0.3, 0.4) is 0 Å². The molecule has 0 radical (unpaired) electrons. The summed E-state index contributed by atoms with van der Waals surface area (Å²) in [7, 11) is 1.14. The van der Waals surface area contributed by atoms with E-state index in [1.54, 1.807) is 0 Å². The van der Waals surface area contributed by atoms with E-state index < -0.39 is 12.6 Å². The van der Waals surface area contributed by atoms with Crippen molar-refractivity contribution in [3.05, 3.63) is 90.0 Å². The van der Waals surface area contributed by atoms with Gasteiger partial charge in [-0.2, -0.15) is 0 Å². The number of benzene rings is 2. The zero-order valence-corrected chi connectivity index (χ0v) is 31.6. The molecule has 2 atom stereocenters. The Morgan fingerprint density at radius 2 is 1.49 bits per heavy atom. The molecule has 2 unspecified atom stereocenters. The van der Waals surface area contributed by atoms with E-state index in [2.05, 4.69) is 98.0 Å². The molecule has 0 aromatic heterocycles. The summed E-state index contributed by atoms with van der Waals surface area (Å²) in [5.41, 5.74) is 7.11. The number of aryl methyl sites for hydroxylation is 1. The minimum Gasteiger partial charge on any atom is -0.462 e. The van der Waals surface area contributed by atoms with Crippen LogP contribution in [0.4, 0.5) is 0 Å². The van der Waals surface area contributed by atoms with Gasteiger partial charge in [0.1, 0.15) is 6.29 Å². The summed E-state index contributed by atoms with van der Waals surface area (Å²) in [4.78, 5) is 21.3. The van der Waals surface area contributed by atoms with Crippen molar-refractivity contribution in [2.75, 3.05) is 26.4 Å². The van der Waals surface area contributed by atoms with Gasteiger partial charge in [0, 0.05) is 18.1 Å². The van der Waals surface area contributed by atoms with Crippen molar-refractivity contribution < 1.29 is 29.6 Å². The molecule has 1 saturated carbocycles. The fourth-order valence-corrected chi connectivity index (χ4v) is 6.68. The summed E-state index contributed by atoms with van der Waals surface area (Å²) in [6, 6.07) is 18.2. The van der Waals surface area contributed by atoms with E-state index in [-0.39, 0.29) is 36.9 Å². The largest absolute Gasteiger partial charge is 0.462 e. The molecule has 0 bridgehead atoms. The maximum Gasteiger partial charge on any atom is 0.335 e. The number of aliphatic hydroxyl groups excluding tert-OH is 3. The average Bonchev–Trinajstić information content (AvgIpc) is 3.15. The van der Waals surface area contributed by atoms with Gasteiger partial charge in [-0.1, -0.05) is 111 Å². The van der Waals surface area contributed by atoms with Crippen molar-refractivity contribution in [2.45, 2.75) is 77.6 Å². The summed E-state index contributed by atoms with van der Waals surface area (Å²) < 4.78 is 5.29. The lowest BCUT2D eigenvalue weighted by atomic mass is 9.69. The van der Waals surface area contributed by atoms with Crippen LogP contribution in [0.15, 0.2) is 78.9 Å². The zero-order valence-electron chi connectivity index (χ0n) is 29.0. The third kappa shape index (κ3) is 15.2. The summed E-state index contributed by atoms with van der Waals surface area (Å²) >= 11 is 7.14. The number of thiol groups is 2. The number of aldehydes is 1. The Morgan fingerprint density at radius 3 is 1.96 bits per heavy atom. The number of unbranched alkanes of at least 4 members (excludes halogenated alkanes) is 2. The number of aliphatic hydroxyl groups is 3. The van der Waals surface area contributed by atoms with Gasteiger partial charge in [0.25, 0.3) is 0 Å². The molecule has 0 saturated heterocycles. The van der Waals surface area contributed by atoms with Gasteiger partial charge < -0.3 is 20.1 Å². The van der Waals surface area contributed by atoms with Crippen molar-refractivity contribution in [3.63, 3.8) is 0 Å². The number of rotatable bonds is 15. The zero-order chi connectivity index (χ0) is 36.0. The highest BCUT2D eigenvalue weighted by Crippen LogP contribution is 2.43. The molecule has 1 fully saturated rings. The smallest absolute Gasteiger partial charge is 0.335 e. The van der Waals surface area contributed by atoms with Gasteiger partial charge in [0.2, 0.25) is 0 Å². The van der Waals surface area contributed by atoms with Crippen LogP contribution in [0.2, 0.25) is 0 Å². The second kappa shape index (κ2) is 24.8. The van der Waals surface area contributed by atoms with Crippen LogP contribution < -0.4 is 0 Å². The van der Waals surface area contributed by atoms with Crippen LogP contribution in [0.25, 0.3) is 16.7 Å². The summed E-state index contributed by atoms with van der Waals surface area (Å²) in [5.74, 6) is 1.24. The van der Waals surface area contributed by atoms with Crippen molar-refractivity contribution in [2.24, 2.45) is 23.7 Å². The molecule has 3 N–H and O–H groups in total. The Balaban J connectivity index is 0.000000823. The second-order valence-corrected chi connectivity index (χ2v) is 15.1. The lowest BCUT2D eigenvalue weighted by Gasteiger charge is -2.37. The molecule has 0 aliphatic heterocycles. The van der Waals surface area contributed by atoms with Gasteiger partial charge in [0.05, 0.1) is 25.4 Å². The maximum atomic E-state index is 11.8. The average molecular weight is 729 g/mol. The van der Waals surface area contributed by atoms with Crippen LogP contribution in [-0.2, 0) is 20.7 Å². The van der Waals surface area contributed by atoms with Gasteiger partial charge in [-0.3, -0.25) is 4.79 Å². The van der Waals surface area contributed by atoms with Crippen LogP contribution in [0.5, 0.6) is 0 Å². The van der Waals surface area contributed by atoms with E-state index in [0.29, 0.717) is 12.2 Å². The number of ether oxygens (including phenoxy) is 1. The molecule has 0 spiro atoms. The van der Waals surface area contributed by atoms with Gasteiger partial charge in [-0.05, 0) is 113 Å². The fraction of sp³-hybridized carbons (Fsp3) is 0.500. The molecule has 2 aromatic carbocycles. The fourth-order valence-electron chi connectivity index (χ4n) is 6.68. The normalized spacial score (nSPS) is 19.1. The highest BCUT2D eigenvalue weighted by atomic mass is 33.5. The minimum atomic E-state index is -0.569. The van der Waals surface area contributed by atoms with E-state index in [4.69, 9.17) is 14.9 Å². The molecule has 9 heteroatoms. The lowest BCUT2D eigenvalue weighted by Crippen LogP contribution is -2.31. The van der Waals surface area contributed by atoms with Crippen LogP contribution >= 0.6 is 33.1 Å². The highest BCUT2D eigenvalue weighted by Gasteiger charge is 2.32. The van der Waals surface area contributed by atoms with Crippen molar-refractivity contribution in [1.29, 1.82) is 0 Å². The van der Waals surface area contributed by atoms with E-state index in [9.17, 15) is 14.7 Å². The van der Waals surface area contributed by atoms with E-state index in [1.165, 1.54) is 72.8 Å². The number of hydrogen-bond donors (Lipinski definition) is 5. The predicted molar refractivity (Wildman–Crippen MR) is 211 cm³/mol. The molecule has 6 nitrogen and oxygen atoms in total. The second-order valence-electron chi connectivity index (χ2n) is 13.0. The Labute approximate surface area is 308 Å². The monoisotopic (exact) mass is 728 g/mol. The molecule has 2 aromatic rings. The van der Waals surface area contributed by atoms with Crippen LogP contribution in [0.1, 0.15) is 82.3 Å². The Morgan fingerprint density at radius 1 is 0.898 bits per heavy atom. The maximum absolute atomic E-state index is 11.8. The molecular weight excluding hydrogens is 673 g/mol. The summed E-state index contributed by atoms with van der Waals surface area (Å²) in [6.07, 6.45) is 16.0. The summed E-state index contributed by atoms with van der Waals surface area (Å²) in [5, 5.41) is 26.9. The Hall–Kier alpha value is -2.27. The van der Waals surface area contributed by atoms with E-state index >= 15 is 0 Å². The number of hydrogen-bond acceptors (Lipinski definition) is 9. The van der Waals surface area contributed by atoms with Crippen LogP contribution in [0, 0.1) is 23.7 Å². The lowest BCUT2D eigenvalue weighted by molar-refractivity contribution is -0.142. The van der Waals surface area contributed by atoms with Gasteiger partial charge >= 0.3 is 5.97 Å². The molecule has 2 aliphatic rings.